The number of nitrogens with zero attached hydrogens (tertiary/aromatic N) is 2. The zero-order valence-corrected chi connectivity index (χ0v) is 7.01. The number of hydrogen-bond acceptors (Lipinski definition) is 3. The standard InChI is InChI=1S/C9H10N2O2/c12-5-3-7-6-11-4-1-2-8(13)9(11)10-7/h1-2,4,6,12-13H,3,5H2. The fourth-order valence-electron chi connectivity index (χ4n) is 1.28. The first-order valence-electron chi connectivity index (χ1n) is 4.07. The van der Waals surface area contributed by atoms with Crippen LogP contribution in [0.15, 0.2) is 24.5 Å². The van der Waals surface area contributed by atoms with Gasteiger partial charge in [-0.3, -0.25) is 0 Å². The van der Waals surface area contributed by atoms with Crippen LogP contribution >= 0.6 is 0 Å². The van der Waals surface area contributed by atoms with Crippen molar-refractivity contribution in [2.75, 3.05) is 6.61 Å². The number of imidazole rings is 1. The molecule has 2 N–H and O–H groups in total. The number of fused-ring (bicyclic) bond motifs is 1. The monoisotopic (exact) mass is 178 g/mol. The Morgan fingerprint density at radius 3 is 3.00 bits per heavy atom. The fourth-order valence-corrected chi connectivity index (χ4v) is 1.28. The maximum atomic E-state index is 9.41. The van der Waals surface area contributed by atoms with E-state index < -0.39 is 0 Å². The topological polar surface area (TPSA) is 57.8 Å². The first kappa shape index (κ1) is 8.07. The summed E-state index contributed by atoms with van der Waals surface area (Å²) in [6.45, 7) is 0.0741. The van der Waals surface area contributed by atoms with Gasteiger partial charge in [0.2, 0.25) is 0 Å². The zero-order chi connectivity index (χ0) is 9.26. The molecule has 0 aliphatic heterocycles. The van der Waals surface area contributed by atoms with Gasteiger partial charge >= 0.3 is 0 Å². The van der Waals surface area contributed by atoms with Crippen molar-refractivity contribution in [3.63, 3.8) is 0 Å². The SMILES string of the molecule is OCCc1cn2cccc(O)c2n1. The Kier molecular flexibility index (Phi) is 1.90. The number of aliphatic hydroxyl groups excluding tert-OH is 1. The largest absolute Gasteiger partial charge is 0.504 e. The lowest BCUT2D eigenvalue weighted by atomic mass is 10.4. The lowest BCUT2D eigenvalue weighted by Gasteiger charge is -1.92. The number of hydrogen-bond donors (Lipinski definition) is 2. The van der Waals surface area contributed by atoms with Gasteiger partial charge in [-0.05, 0) is 12.1 Å². The fraction of sp³-hybridized carbons (Fsp3) is 0.222. The van der Waals surface area contributed by atoms with Crippen LogP contribution in [0.4, 0.5) is 0 Å². The second-order valence-electron chi connectivity index (χ2n) is 2.83. The minimum Gasteiger partial charge on any atom is -0.504 e. The third kappa shape index (κ3) is 1.36. The lowest BCUT2D eigenvalue weighted by Crippen LogP contribution is -1.89. The van der Waals surface area contributed by atoms with E-state index in [1.54, 1.807) is 22.7 Å². The summed E-state index contributed by atoms with van der Waals surface area (Å²) in [4.78, 5) is 4.15. The van der Waals surface area contributed by atoms with Crippen LogP contribution in [0, 0.1) is 0 Å². The van der Waals surface area contributed by atoms with Crippen molar-refractivity contribution in [1.29, 1.82) is 0 Å². The van der Waals surface area contributed by atoms with Gasteiger partial charge in [0, 0.05) is 25.4 Å². The van der Waals surface area contributed by atoms with E-state index in [4.69, 9.17) is 5.11 Å². The summed E-state index contributed by atoms with van der Waals surface area (Å²) in [7, 11) is 0. The Morgan fingerprint density at radius 2 is 2.31 bits per heavy atom. The van der Waals surface area contributed by atoms with Gasteiger partial charge in [-0.25, -0.2) is 4.98 Å². The molecule has 2 rings (SSSR count). The van der Waals surface area contributed by atoms with Crippen molar-refractivity contribution in [3.05, 3.63) is 30.2 Å². The molecule has 0 amide bonds. The summed E-state index contributed by atoms with van der Waals surface area (Å²) >= 11 is 0. The molecule has 0 bridgehead atoms. The molecule has 0 aromatic carbocycles. The maximum Gasteiger partial charge on any atom is 0.179 e. The lowest BCUT2D eigenvalue weighted by molar-refractivity contribution is 0.298. The van der Waals surface area contributed by atoms with Crippen LogP contribution in [-0.2, 0) is 6.42 Å². The zero-order valence-electron chi connectivity index (χ0n) is 7.01. The summed E-state index contributed by atoms with van der Waals surface area (Å²) in [6, 6.07) is 3.33. The maximum absolute atomic E-state index is 9.41. The van der Waals surface area contributed by atoms with Gasteiger partial charge in [0.05, 0.1) is 5.69 Å². The highest BCUT2D eigenvalue weighted by molar-refractivity contribution is 5.53. The number of rotatable bonds is 2. The molecule has 0 saturated heterocycles. The third-order valence-electron chi connectivity index (χ3n) is 1.88. The summed E-state index contributed by atoms with van der Waals surface area (Å²) in [5.74, 6) is 0.159. The Bertz CT molecular complexity index is 422. The van der Waals surface area contributed by atoms with Gasteiger partial charge in [0.1, 0.15) is 0 Å². The van der Waals surface area contributed by atoms with Gasteiger partial charge in [-0.1, -0.05) is 0 Å². The quantitative estimate of drug-likeness (QED) is 0.707. The molecule has 4 heteroatoms. The van der Waals surface area contributed by atoms with Gasteiger partial charge in [0.25, 0.3) is 0 Å². The molecule has 0 fully saturated rings. The summed E-state index contributed by atoms with van der Waals surface area (Å²) in [6.07, 6.45) is 4.12. The molecule has 0 aliphatic rings. The molecule has 0 saturated carbocycles. The van der Waals surface area contributed by atoms with E-state index in [1.807, 2.05) is 6.20 Å². The second kappa shape index (κ2) is 3.06. The van der Waals surface area contributed by atoms with Gasteiger partial charge < -0.3 is 14.6 Å². The molecule has 0 unspecified atom stereocenters. The van der Waals surface area contributed by atoms with E-state index in [0.717, 1.165) is 5.69 Å². The highest BCUT2D eigenvalue weighted by Gasteiger charge is 2.03. The molecule has 2 aromatic rings. The van der Waals surface area contributed by atoms with Gasteiger partial charge in [-0.2, -0.15) is 0 Å². The average molecular weight is 178 g/mol. The number of pyridine rings is 1. The number of aliphatic hydroxyl groups is 1. The van der Waals surface area contributed by atoms with Crippen molar-refractivity contribution < 1.29 is 10.2 Å². The summed E-state index contributed by atoms with van der Waals surface area (Å²) in [5.41, 5.74) is 1.31. The van der Waals surface area contributed by atoms with E-state index >= 15 is 0 Å². The van der Waals surface area contributed by atoms with Crippen LogP contribution in [0.5, 0.6) is 5.75 Å². The van der Waals surface area contributed by atoms with Crippen LogP contribution in [0.25, 0.3) is 5.65 Å². The molecule has 2 aromatic heterocycles. The van der Waals surface area contributed by atoms with Gasteiger partial charge in [-0.15, -0.1) is 0 Å². The molecule has 2 heterocycles. The molecule has 0 aliphatic carbocycles. The Hall–Kier alpha value is -1.55. The van der Waals surface area contributed by atoms with Crippen molar-refractivity contribution in [2.45, 2.75) is 6.42 Å². The normalized spacial score (nSPS) is 10.8. The molecule has 68 valence electrons. The van der Waals surface area contributed by atoms with Crippen LogP contribution in [-0.4, -0.2) is 26.2 Å². The molecule has 0 spiro atoms. The van der Waals surface area contributed by atoms with Crippen molar-refractivity contribution in [2.24, 2.45) is 0 Å². The highest BCUT2D eigenvalue weighted by Crippen LogP contribution is 2.16. The minimum absolute atomic E-state index is 0.0741. The van der Waals surface area contributed by atoms with E-state index in [1.165, 1.54) is 0 Å². The van der Waals surface area contributed by atoms with Crippen molar-refractivity contribution in [1.82, 2.24) is 9.38 Å². The van der Waals surface area contributed by atoms with E-state index in [9.17, 15) is 5.11 Å². The highest BCUT2D eigenvalue weighted by atomic mass is 16.3. The van der Waals surface area contributed by atoms with E-state index in [-0.39, 0.29) is 12.4 Å². The first-order valence-corrected chi connectivity index (χ1v) is 4.07. The Balaban J connectivity index is 2.55. The van der Waals surface area contributed by atoms with Gasteiger partial charge in [0.15, 0.2) is 11.4 Å². The van der Waals surface area contributed by atoms with Crippen LogP contribution in [0.1, 0.15) is 5.69 Å². The summed E-state index contributed by atoms with van der Waals surface area (Å²) in [5, 5.41) is 18.1. The van der Waals surface area contributed by atoms with E-state index in [0.29, 0.717) is 12.1 Å². The molecule has 0 atom stereocenters. The van der Waals surface area contributed by atoms with Crippen molar-refractivity contribution >= 4 is 5.65 Å². The predicted molar refractivity (Wildman–Crippen MR) is 47.6 cm³/mol. The third-order valence-corrected chi connectivity index (χ3v) is 1.88. The number of aromatic hydroxyl groups is 1. The number of aromatic nitrogens is 2. The van der Waals surface area contributed by atoms with Crippen LogP contribution in [0.2, 0.25) is 0 Å². The van der Waals surface area contributed by atoms with Crippen molar-refractivity contribution in [3.8, 4) is 5.75 Å². The molecule has 13 heavy (non-hydrogen) atoms. The van der Waals surface area contributed by atoms with Crippen LogP contribution in [0.3, 0.4) is 0 Å². The second-order valence-corrected chi connectivity index (χ2v) is 2.83. The Labute approximate surface area is 75.1 Å². The molecule has 4 nitrogen and oxygen atoms in total. The average Bonchev–Trinajstić information content (AvgIpc) is 2.49. The molecular weight excluding hydrogens is 168 g/mol. The molecular formula is C9H10N2O2. The summed E-state index contributed by atoms with van der Waals surface area (Å²) < 4.78 is 1.74. The molecule has 0 radical (unpaired) electrons. The predicted octanol–water partition coefficient (Wildman–Crippen LogP) is 0.575. The van der Waals surface area contributed by atoms with E-state index in [2.05, 4.69) is 4.98 Å². The van der Waals surface area contributed by atoms with Crippen LogP contribution < -0.4 is 0 Å². The first-order chi connectivity index (χ1) is 6.31. The smallest absolute Gasteiger partial charge is 0.179 e. The Morgan fingerprint density at radius 1 is 1.46 bits per heavy atom. The minimum atomic E-state index is 0.0741.